The predicted molar refractivity (Wildman–Crippen MR) is 262 cm³/mol. The van der Waals surface area contributed by atoms with Crippen LogP contribution in [-0.2, 0) is 0 Å². The molecule has 62 heavy (non-hydrogen) atoms. The van der Waals surface area contributed by atoms with Crippen LogP contribution >= 0.6 is 0 Å². The summed E-state index contributed by atoms with van der Waals surface area (Å²) in [5, 5.41) is 2.18. The molecule has 2 heterocycles. The van der Waals surface area contributed by atoms with Crippen LogP contribution in [0.1, 0.15) is 9.60 Å². The summed E-state index contributed by atoms with van der Waals surface area (Å²) in [6.07, 6.45) is 0. The summed E-state index contributed by atoms with van der Waals surface area (Å²) < 4.78 is 70.2. The predicted octanol–water partition coefficient (Wildman–Crippen LogP) is 16.2. The molecule has 0 saturated carbocycles. The lowest BCUT2D eigenvalue weighted by molar-refractivity contribution is 1.18. The van der Waals surface area contributed by atoms with E-state index in [-0.39, 0.29) is 57.6 Å². The SMILES string of the molecule is [2H]c1c([2H])c([2H])c2c(c1[2H])c1c([2H])c(-c3ccc4c(c3)c3cc(-c5ccccc5)ccc3n4-c3cccc(-c4ccccc4)c3)c([2H])c([2H])c1n2-c1cc(-c2ccccc2)cc(-c2ccccc2)c1. The molecule has 0 unspecified atom stereocenters. The molecule has 0 atom stereocenters. The molecule has 0 amide bonds. The normalized spacial score (nSPS) is 13.1. The fraction of sp³-hybridized carbons (Fsp3) is 0. The molecule has 12 rings (SSSR count). The molecule has 2 aromatic heterocycles. The van der Waals surface area contributed by atoms with Gasteiger partial charge in [-0.15, -0.1) is 0 Å². The molecule has 0 spiro atoms. The van der Waals surface area contributed by atoms with Gasteiger partial charge in [-0.05, 0) is 128 Å². The van der Waals surface area contributed by atoms with Crippen molar-refractivity contribution in [3.63, 3.8) is 0 Å². The minimum Gasteiger partial charge on any atom is -0.309 e. The minimum atomic E-state index is -0.434. The summed E-state index contributed by atoms with van der Waals surface area (Å²) in [5.74, 6) is 0. The summed E-state index contributed by atoms with van der Waals surface area (Å²) in [7, 11) is 0. The maximum atomic E-state index is 10.1. The summed E-state index contributed by atoms with van der Waals surface area (Å²) >= 11 is 0. The lowest BCUT2D eigenvalue weighted by Gasteiger charge is -2.14. The van der Waals surface area contributed by atoms with Gasteiger partial charge in [0.25, 0.3) is 0 Å². The molecular weight excluding hydrogens is 749 g/mol. The van der Waals surface area contributed by atoms with Gasteiger partial charge in [0.05, 0.1) is 31.7 Å². The van der Waals surface area contributed by atoms with E-state index in [1.807, 2.05) is 127 Å². The van der Waals surface area contributed by atoms with Gasteiger partial charge in [-0.1, -0.05) is 170 Å². The fourth-order valence-corrected chi connectivity index (χ4v) is 8.97. The second kappa shape index (κ2) is 14.8. The third-order valence-corrected chi connectivity index (χ3v) is 11.9. The topological polar surface area (TPSA) is 9.86 Å². The quantitative estimate of drug-likeness (QED) is 0.152. The van der Waals surface area contributed by atoms with Crippen LogP contribution in [-0.4, -0.2) is 9.13 Å². The van der Waals surface area contributed by atoms with Crippen LogP contribution in [0, 0.1) is 0 Å². The monoisotopic (exact) mass is 795 g/mol. The van der Waals surface area contributed by atoms with Gasteiger partial charge in [-0.3, -0.25) is 0 Å². The molecule has 2 nitrogen and oxygen atoms in total. The second-order valence-corrected chi connectivity index (χ2v) is 15.6. The van der Waals surface area contributed by atoms with E-state index in [0.717, 1.165) is 72.0 Å². The van der Waals surface area contributed by atoms with Gasteiger partial charge >= 0.3 is 0 Å². The first-order valence-electron chi connectivity index (χ1n) is 24.3. The zero-order chi connectivity index (χ0) is 47.1. The van der Waals surface area contributed by atoms with E-state index >= 15 is 0 Å². The molecule has 0 N–H and O–H groups in total. The first-order valence-corrected chi connectivity index (χ1v) is 20.8. The Labute approximate surface area is 370 Å². The van der Waals surface area contributed by atoms with Crippen LogP contribution in [0.15, 0.2) is 242 Å². The molecule has 290 valence electrons. The van der Waals surface area contributed by atoms with Crippen molar-refractivity contribution in [2.24, 2.45) is 0 Å². The summed E-state index contributed by atoms with van der Waals surface area (Å²) in [4.78, 5) is 0. The lowest BCUT2D eigenvalue weighted by Crippen LogP contribution is -1.96. The fourth-order valence-electron chi connectivity index (χ4n) is 8.97. The van der Waals surface area contributed by atoms with Crippen molar-refractivity contribution in [2.45, 2.75) is 0 Å². The van der Waals surface area contributed by atoms with Crippen molar-refractivity contribution in [3.8, 4) is 67.0 Å². The van der Waals surface area contributed by atoms with Gasteiger partial charge in [-0.25, -0.2) is 0 Å². The average Bonchev–Trinajstić information content (AvgIpc) is 3.94. The Hall–Kier alpha value is -8.20. The minimum absolute atomic E-state index is 0.0918. The number of fused-ring (bicyclic) bond motifs is 6. The zero-order valence-corrected chi connectivity index (χ0v) is 33.4. The average molecular weight is 796 g/mol. The maximum Gasteiger partial charge on any atom is 0.0645 e. The Kier molecular flexibility index (Phi) is 6.95. The number of para-hydroxylation sites is 1. The zero-order valence-electron chi connectivity index (χ0n) is 40.4. The highest BCUT2D eigenvalue weighted by molar-refractivity contribution is 6.13. The van der Waals surface area contributed by atoms with Crippen molar-refractivity contribution in [3.05, 3.63) is 242 Å². The summed E-state index contributed by atoms with van der Waals surface area (Å²) in [6, 6.07) is 65.2. The van der Waals surface area contributed by atoms with Gasteiger partial charge in [0, 0.05) is 32.9 Å². The van der Waals surface area contributed by atoms with E-state index < -0.39 is 12.1 Å². The molecule has 0 aliphatic carbocycles. The van der Waals surface area contributed by atoms with Crippen LogP contribution in [0.25, 0.3) is 111 Å². The Balaban J connectivity index is 1.14. The van der Waals surface area contributed by atoms with E-state index in [2.05, 4.69) is 77.4 Å². The van der Waals surface area contributed by atoms with Crippen molar-refractivity contribution < 1.29 is 9.60 Å². The molecule has 10 aromatic carbocycles. The number of rotatable bonds is 7. The molecule has 0 aliphatic heterocycles. The van der Waals surface area contributed by atoms with Gasteiger partial charge in [0.1, 0.15) is 0 Å². The highest BCUT2D eigenvalue weighted by Crippen LogP contribution is 2.41. The molecule has 0 radical (unpaired) electrons. The first kappa shape index (κ1) is 29.1. The number of aromatic nitrogens is 2. The smallest absolute Gasteiger partial charge is 0.0645 e. The highest BCUT2D eigenvalue weighted by atomic mass is 15.0. The molecule has 0 aliphatic rings. The molecule has 0 bridgehead atoms. The molecule has 0 saturated heterocycles. The Morgan fingerprint density at radius 2 is 0.710 bits per heavy atom. The third-order valence-electron chi connectivity index (χ3n) is 11.9. The van der Waals surface area contributed by atoms with Crippen molar-refractivity contribution >= 4 is 43.6 Å². The van der Waals surface area contributed by atoms with E-state index in [1.165, 1.54) is 0 Å². The van der Waals surface area contributed by atoms with E-state index in [4.69, 9.17) is 2.74 Å². The highest BCUT2D eigenvalue weighted by Gasteiger charge is 2.18. The molecule has 12 aromatic rings. The Morgan fingerprint density at radius 1 is 0.258 bits per heavy atom. The first-order chi connectivity index (χ1) is 33.7. The van der Waals surface area contributed by atoms with Crippen LogP contribution in [0.5, 0.6) is 0 Å². The van der Waals surface area contributed by atoms with Gasteiger partial charge < -0.3 is 9.13 Å². The number of hydrogen-bond acceptors (Lipinski definition) is 0. The van der Waals surface area contributed by atoms with Crippen LogP contribution in [0.3, 0.4) is 0 Å². The van der Waals surface area contributed by atoms with Gasteiger partial charge in [0.15, 0.2) is 0 Å². The molecule has 0 fully saturated rings. The second-order valence-electron chi connectivity index (χ2n) is 15.6. The van der Waals surface area contributed by atoms with Crippen LogP contribution < -0.4 is 0 Å². The maximum absolute atomic E-state index is 10.1. The number of benzene rings is 10. The van der Waals surface area contributed by atoms with E-state index in [1.54, 1.807) is 4.57 Å². The lowest BCUT2D eigenvalue weighted by atomic mass is 9.98. The van der Waals surface area contributed by atoms with Gasteiger partial charge in [0.2, 0.25) is 0 Å². The Bertz CT molecular complexity index is 3960. The Morgan fingerprint density at radius 3 is 1.29 bits per heavy atom. The van der Waals surface area contributed by atoms with E-state index in [9.17, 15) is 6.85 Å². The van der Waals surface area contributed by atoms with Crippen molar-refractivity contribution in [1.82, 2.24) is 9.13 Å². The van der Waals surface area contributed by atoms with Crippen molar-refractivity contribution in [2.75, 3.05) is 0 Å². The van der Waals surface area contributed by atoms with Crippen molar-refractivity contribution in [1.29, 1.82) is 0 Å². The standard InChI is InChI=1S/C60H40N2/c1-5-16-41(17-6-1)45-24-15-25-51(35-45)61-59-31-28-46(42-18-7-2-8-19-42)38-55(59)56-40-48(30-33-60(56)61)47-29-32-58-54(39-47)53-26-13-14-27-57(53)62(58)52-36-49(43-20-9-3-10-21-43)34-50(37-52)44-22-11-4-12-23-44/h1-40H/i13D,14D,26D,27D,29D,32D,39D. The number of hydrogen-bond donors (Lipinski definition) is 0. The van der Waals surface area contributed by atoms with E-state index in [0.29, 0.717) is 11.3 Å². The molecule has 2 heteroatoms. The van der Waals surface area contributed by atoms with Crippen LogP contribution in [0.2, 0.25) is 0 Å². The summed E-state index contributed by atoms with van der Waals surface area (Å²) in [5.41, 5.74) is 12.4. The van der Waals surface area contributed by atoms with Gasteiger partial charge in [-0.2, -0.15) is 0 Å². The number of nitrogens with zero attached hydrogens (tertiary/aromatic N) is 2. The summed E-state index contributed by atoms with van der Waals surface area (Å²) in [6.45, 7) is 0. The third kappa shape index (κ3) is 6.12. The van der Waals surface area contributed by atoms with Crippen LogP contribution in [0.4, 0.5) is 0 Å². The largest absolute Gasteiger partial charge is 0.309 e. The molecular formula is C60H40N2.